The molecule has 0 fully saturated rings. The van der Waals surface area contributed by atoms with Crippen molar-refractivity contribution in [3.05, 3.63) is 29.8 Å². The first-order valence-electron chi connectivity index (χ1n) is 6.54. The second-order valence-electron chi connectivity index (χ2n) is 4.44. The fraction of sp³-hybridized carbons (Fsp3) is 0.571. The maximum absolute atomic E-state index is 9.73. The summed E-state index contributed by atoms with van der Waals surface area (Å²) in [5.74, 6) is 0.735. The van der Waals surface area contributed by atoms with E-state index in [4.69, 9.17) is 14.9 Å². The highest BCUT2D eigenvalue weighted by molar-refractivity contribution is 5.28. The van der Waals surface area contributed by atoms with Gasteiger partial charge in [-0.1, -0.05) is 19.1 Å². The van der Waals surface area contributed by atoms with E-state index in [1.807, 2.05) is 24.3 Å². The lowest BCUT2D eigenvalue weighted by molar-refractivity contribution is 0.0929. The standard InChI is InChI=1S/C14H23NO4/c1-2-11-4-3-5-14(6-11)19-10-13(18)7-15-12(8-16)9-17/h3-6,12-13,15-18H,2,7-10H2,1H3. The fourth-order valence-corrected chi connectivity index (χ4v) is 1.60. The smallest absolute Gasteiger partial charge is 0.119 e. The van der Waals surface area contributed by atoms with Crippen LogP contribution in [0.4, 0.5) is 0 Å². The van der Waals surface area contributed by atoms with E-state index in [1.165, 1.54) is 5.56 Å². The van der Waals surface area contributed by atoms with Crippen molar-refractivity contribution in [3.63, 3.8) is 0 Å². The molecule has 4 N–H and O–H groups in total. The average molecular weight is 269 g/mol. The van der Waals surface area contributed by atoms with Crippen molar-refractivity contribution in [2.75, 3.05) is 26.4 Å². The van der Waals surface area contributed by atoms with Gasteiger partial charge >= 0.3 is 0 Å². The summed E-state index contributed by atoms with van der Waals surface area (Å²) in [6.07, 6.45) is 0.251. The van der Waals surface area contributed by atoms with E-state index in [2.05, 4.69) is 12.2 Å². The largest absolute Gasteiger partial charge is 0.491 e. The van der Waals surface area contributed by atoms with Gasteiger partial charge in [-0.25, -0.2) is 0 Å². The van der Waals surface area contributed by atoms with Crippen LogP contribution in [0.2, 0.25) is 0 Å². The van der Waals surface area contributed by atoms with Crippen LogP contribution in [-0.4, -0.2) is 53.8 Å². The molecule has 0 aliphatic carbocycles. The van der Waals surface area contributed by atoms with Crippen molar-refractivity contribution in [1.29, 1.82) is 0 Å². The minimum absolute atomic E-state index is 0.164. The van der Waals surface area contributed by atoms with E-state index < -0.39 is 12.1 Å². The molecule has 108 valence electrons. The number of aryl methyl sites for hydroxylation is 1. The highest BCUT2D eigenvalue weighted by atomic mass is 16.5. The van der Waals surface area contributed by atoms with E-state index in [-0.39, 0.29) is 26.4 Å². The van der Waals surface area contributed by atoms with Crippen molar-refractivity contribution in [2.45, 2.75) is 25.5 Å². The van der Waals surface area contributed by atoms with Crippen molar-refractivity contribution in [2.24, 2.45) is 0 Å². The fourth-order valence-electron chi connectivity index (χ4n) is 1.60. The summed E-state index contributed by atoms with van der Waals surface area (Å²) in [6.45, 7) is 2.18. The summed E-state index contributed by atoms with van der Waals surface area (Å²) < 4.78 is 5.49. The molecule has 1 atom stereocenters. The molecule has 0 saturated heterocycles. The molecule has 0 aromatic heterocycles. The summed E-state index contributed by atoms with van der Waals surface area (Å²) in [7, 11) is 0. The lowest BCUT2D eigenvalue weighted by atomic mass is 10.2. The highest BCUT2D eigenvalue weighted by Crippen LogP contribution is 2.13. The lowest BCUT2D eigenvalue weighted by Gasteiger charge is -2.17. The molecule has 0 saturated carbocycles. The molecule has 1 aromatic carbocycles. The van der Waals surface area contributed by atoms with Gasteiger partial charge in [0.1, 0.15) is 18.5 Å². The predicted octanol–water partition coefficient (Wildman–Crippen LogP) is -0.0685. The second kappa shape index (κ2) is 8.87. The first-order chi connectivity index (χ1) is 9.19. The maximum Gasteiger partial charge on any atom is 0.119 e. The Balaban J connectivity index is 2.31. The highest BCUT2D eigenvalue weighted by Gasteiger charge is 2.09. The van der Waals surface area contributed by atoms with Crippen LogP contribution in [0.25, 0.3) is 0 Å². The minimum Gasteiger partial charge on any atom is -0.491 e. The van der Waals surface area contributed by atoms with Crippen LogP contribution in [0, 0.1) is 0 Å². The minimum atomic E-state index is -0.689. The van der Waals surface area contributed by atoms with Gasteiger partial charge in [-0.15, -0.1) is 0 Å². The summed E-state index contributed by atoms with van der Waals surface area (Å²) in [5, 5.41) is 30.3. The monoisotopic (exact) mass is 269 g/mol. The Morgan fingerprint density at radius 2 is 2.00 bits per heavy atom. The van der Waals surface area contributed by atoms with Crippen LogP contribution in [0.3, 0.4) is 0 Å². The van der Waals surface area contributed by atoms with E-state index >= 15 is 0 Å². The number of aliphatic hydroxyl groups excluding tert-OH is 3. The van der Waals surface area contributed by atoms with Gasteiger partial charge in [0.15, 0.2) is 0 Å². The number of nitrogens with one attached hydrogen (secondary N) is 1. The number of benzene rings is 1. The SMILES string of the molecule is CCc1cccc(OCC(O)CNC(CO)CO)c1. The van der Waals surface area contributed by atoms with Crippen molar-refractivity contribution in [1.82, 2.24) is 5.32 Å². The lowest BCUT2D eigenvalue weighted by Crippen LogP contribution is -2.41. The van der Waals surface area contributed by atoms with Crippen molar-refractivity contribution < 1.29 is 20.1 Å². The van der Waals surface area contributed by atoms with Crippen LogP contribution >= 0.6 is 0 Å². The van der Waals surface area contributed by atoms with Crippen LogP contribution in [0.5, 0.6) is 5.75 Å². The Kier molecular flexibility index (Phi) is 7.43. The number of rotatable bonds is 9. The number of hydrogen-bond donors (Lipinski definition) is 4. The zero-order chi connectivity index (χ0) is 14.1. The molecule has 1 aromatic rings. The normalized spacial score (nSPS) is 12.7. The average Bonchev–Trinajstić information content (AvgIpc) is 2.46. The van der Waals surface area contributed by atoms with Crippen LogP contribution in [0.15, 0.2) is 24.3 Å². The van der Waals surface area contributed by atoms with Crippen molar-refractivity contribution >= 4 is 0 Å². The Morgan fingerprint density at radius 1 is 1.26 bits per heavy atom. The topological polar surface area (TPSA) is 82.0 Å². The van der Waals surface area contributed by atoms with Gasteiger partial charge in [0.2, 0.25) is 0 Å². The Labute approximate surface area is 113 Å². The molecule has 5 nitrogen and oxygen atoms in total. The van der Waals surface area contributed by atoms with Crippen LogP contribution in [-0.2, 0) is 6.42 Å². The van der Waals surface area contributed by atoms with Gasteiger partial charge < -0.3 is 25.4 Å². The molecule has 0 radical (unpaired) electrons. The first-order valence-corrected chi connectivity index (χ1v) is 6.54. The molecule has 0 aliphatic heterocycles. The molecular weight excluding hydrogens is 246 g/mol. The zero-order valence-corrected chi connectivity index (χ0v) is 11.2. The van der Waals surface area contributed by atoms with Gasteiger partial charge in [0.05, 0.1) is 19.3 Å². The van der Waals surface area contributed by atoms with E-state index in [1.54, 1.807) is 0 Å². The Morgan fingerprint density at radius 3 is 2.63 bits per heavy atom. The van der Waals surface area contributed by atoms with E-state index in [0.29, 0.717) is 0 Å². The molecule has 1 unspecified atom stereocenters. The quantitative estimate of drug-likeness (QED) is 0.504. The van der Waals surface area contributed by atoms with Gasteiger partial charge in [-0.3, -0.25) is 0 Å². The van der Waals surface area contributed by atoms with Crippen molar-refractivity contribution in [3.8, 4) is 5.75 Å². The van der Waals surface area contributed by atoms with Crippen LogP contribution < -0.4 is 10.1 Å². The molecular formula is C14H23NO4. The summed E-state index contributed by atoms with van der Waals surface area (Å²) in [4.78, 5) is 0. The molecule has 19 heavy (non-hydrogen) atoms. The first kappa shape index (κ1) is 15.9. The third kappa shape index (κ3) is 6.02. The summed E-state index contributed by atoms with van der Waals surface area (Å²) >= 11 is 0. The molecule has 0 heterocycles. The maximum atomic E-state index is 9.73. The second-order valence-corrected chi connectivity index (χ2v) is 4.44. The van der Waals surface area contributed by atoms with E-state index in [0.717, 1.165) is 12.2 Å². The van der Waals surface area contributed by atoms with Gasteiger partial charge in [-0.2, -0.15) is 0 Å². The Bertz CT molecular complexity index is 355. The number of hydrogen-bond acceptors (Lipinski definition) is 5. The zero-order valence-electron chi connectivity index (χ0n) is 11.2. The molecule has 0 aliphatic rings. The third-order valence-electron chi connectivity index (χ3n) is 2.83. The molecule has 0 bridgehead atoms. The predicted molar refractivity (Wildman–Crippen MR) is 73.3 cm³/mol. The van der Waals surface area contributed by atoms with Gasteiger partial charge in [0.25, 0.3) is 0 Å². The Hall–Kier alpha value is -1.14. The van der Waals surface area contributed by atoms with Gasteiger partial charge in [0, 0.05) is 6.54 Å². The molecule has 0 spiro atoms. The van der Waals surface area contributed by atoms with Gasteiger partial charge in [-0.05, 0) is 24.1 Å². The number of aliphatic hydroxyl groups is 3. The number of ether oxygens (including phenoxy) is 1. The van der Waals surface area contributed by atoms with Crippen LogP contribution in [0.1, 0.15) is 12.5 Å². The third-order valence-corrected chi connectivity index (χ3v) is 2.83. The molecule has 5 heteroatoms. The molecule has 0 amide bonds. The molecule has 1 rings (SSSR count). The summed E-state index contributed by atoms with van der Waals surface area (Å²) in [5.41, 5.74) is 1.19. The van der Waals surface area contributed by atoms with E-state index in [9.17, 15) is 5.11 Å². The summed E-state index contributed by atoms with van der Waals surface area (Å²) in [6, 6.07) is 7.34.